The maximum atomic E-state index is 13.4. The van der Waals surface area contributed by atoms with Gasteiger partial charge in [-0.2, -0.15) is 4.31 Å². The SMILES string of the molecule is Cc1ccc(S(=O)(=O)N2CCN(CC(=O)NC(C)c3ccc(F)c(F)c3)CC2)cc1. The lowest BCUT2D eigenvalue weighted by molar-refractivity contribution is -0.123. The van der Waals surface area contributed by atoms with Crippen molar-refractivity contribution in [2.24, 2.45) is 0 Å². The van der Waals surface area contributed by atoms with E-state index in [0.29, 0.717) is 31.7 Å². The lowest BCUT2D eigenvalue weighted by atomic mass is 10.1. The van der Waals surface area contributed by atoms with Gasteiger partial charge in [-0.3, -0.25) is 9.69 Å². The molecule has 1 fully saturated rings. The van der Waals surface area contributed by atoms with Crippen LogP contribution < -0.4 is 5.32 Å². The van der Waals surface area contributed by atoms with Gasteiger partial charge in [-0.25, -0.2) is 17.2 Å². The molecule has 0 spiro atoms. The van der Waals surface area contributed by atoms with Gasteiger partial charge < -0.3 is 5.32 Å². The molecule has 30 heavy (non-hydrogen) atoms. The molecule has 1 saturated heterocycles. The zero-order valence-electron chi connectivity index (χ0n) is 16.9. The lowest BCUT2D eigenvalue weighted by Crippen LogP contribution is -2.51. The number of benzene rings is 2. The fourth-order valence-electron chi connectivity index (χ4n) is 3.34. The van der Waals surface area contributed by atoms with Crippen molar-refractivity contribution in [2.45, 2.75) is 24.8 Å². The zero-order valence-corrected chi connectivity index (χ0v) is 17.8. The molecular formula is C21H25F2N3O3S. The third-order valence-corrected chi connectivity index (χ3v) is 7.09. The second kappa shape index (κ2) is 9.20. The Morgan fingerprint density at radius 3 is 2.27 bits per heavy atom. The maximum absolute atomic E-state index is 13.4. The highest BCUT2D eigenvalue weighted by Gasteiger charge is 2.29. The number of aryl methyl sites for hydroxylation is 1. The molecule has 2 aromatic carbocycles. The van der Waals surface area contributed by atoms with E-state index in [0.717, 1.165) is 17.7 Å². The minimum atomic E-state index is -3.55. The van der Waals surface area contributed by atoms with E-state index in [4.69, 9.17) is 0 Å². The van der Waals surface area contributed by atoms with E-state index < -0.39 is 27.7 Å². The second-order valence-electron chi connectivity index (χ2n) is 7.46. The summed E-state index contributed by atoms with van der Waals surface area (Å²) in [5, 5.41) is 2.76. The van der Waals surface area contributed by atoms with Gasteiger partial charge >= 0.3 is 0 Å². The minimum Gasteiger partial charge on any atom is -0.348 e. The quantitative estimate of drug-likeness (QED) is 0.754. The van der Waals surface area contributed by atoms with Crippen LogP contribution in [0.1, 0.15) is 24.1 Å². The summed E-state index contributed by atoms with van der Waals surface area (Å²) in [6, 6.07) is 9.78. The van der Waals surface area contributed by atoms with Crippen LogP contribution in [0.2, 0.25) is 0 Å². The molecule has 0 aromatic heterocycles. The first-order valence-electron chi connectivity index (χ1n) is 9.70. The predicted octanol–water partition coefficient (Wildman–Crippen LogP) is 2.46. The number of hydrogen-bond acceptors (Lipinski definition) is 4. The molecule has 2 aromatic rings. The molecule has 1 heterocycles. The molecule has 3 rings (SSSR count). The van der Waals surface area contributed by atoms with E-state index in [-0.39, 0.29) is 17.3 Å². The molecule has 1 unspecified atom stereocenters. The third-order valence-electron chi connectivity index (χ3n) is 5.18. The van der Waals surface area contributed by atoms with Gasteiger partial charge in [0.2, 0.25) is 15.9 Å². The molecular weight excluding hydrogens is 412 g/mol. The largest absolute Gasteiger partial charge is 0.348 e. The number of halogens is 2. The van der Waals surface area contributed by atoms with E-state index >= 15 is 0 Å². The van der Waals surface area contributed by atoms with E-state index in [2.05, 4.69) is 5.32 Å². The molecule has 9 heteroatoms. The summed E-state index contributed by atoms with van der Waals surface area (Å²) in [4.78, 5) is 14.5. The van der Waals surface area contributed by atoms with Crippen LogP contribution in [0.15, 0.2) is 47.4 Å². The Bertz CT molecular complexity index is 1000. The van der Waals surface area contributed by atoms with Crippen LogP contribution in [-0.2, 0) is 14.8 Å². The minimum absolute atomic E-state index is 0.104. The van der Waals surface area contributed by atoms with Crippen molar-refractivity contribution in [1.29, 1.82) is 0 Å². The van der Waals surface area contributed by atoms with Gasteiger partial charge in [0.15, 0.2) is 11.6 Å². The van der Waals surface area contributed by atoms with Gasteiger partial charge in [0.1, 0.15) is 0 Å². The Labute approximate surface area is 175 Å². The Hall–Kier alpha value is -2.36. The highest BCUT2D eigenvalue weighted by atomic mass is 32.2. The predicted molar refractivity (Wildman–Crippen MR) is 109 cm³/mol. The smallest absolute Gasteiger partial charge is 0.243 e. The van der Waals surface area contributed by atoms with Gasteiger partial charge in [-0.15, -0.1) is 0 Å². The van der Waals surface area contributed by atoms with Crippen LogP contribution in [0, 0.1) is 18.6 Å². The summed E-state index contributed by atoms with van der Waals surface area (Å²) in [6.45, 7) is 5.14. The maximum Gasteiger partial charge on any atom is 0.243 e. The van der Waals surface area contributed by atoms with Gasteiger partial charge in [0.25, 0.3) is 0 Å². The van der Waals surface area contributed by atoms with E-state index in [1.165, 1.54) is 10.4 Å². The van der Waals surface area contributed by atoms with Crippen LogP contribution in [0.3, 0.4) is 0 Å². The number of amides is 1. The second-order valence-corrected chi connectivity index (χ2v) is 9.39. The van der Waals surface area contributed by atoms with Crippen molar-refractivity contribution in [3.8, 4) is 0 Å². The number of carbonyl (C=O) groups excluding carboxylic acids is 1. The van der Waals surface area contributed by atoms with E-state index in [9.17, 15) is 22.0 Å². The topological polar surface area (TPSA) is 69.7 Å². The van der Waals surface area contributed by atoms with Crippen molar-refractivity contribution in [3.63, 3.8) is 0 Å². The third kappa shape index (κ3) is 5.21. The first-order valence-corrected chi connectivity index (χ1v) is 11.1. The Balaban J connectivity index is 1.52. The average molecular weight is 438 g/mol. The number of hydrogen-bond donors (Lipinski definition) is 1. The van der Waals surface area contributed by atoms with Crippen molar-refractivity contribution < 1.29 is 22.0 Å². The van der Waals surface area contributed by atoms with Crippen molar-refractivity contribution in [3.05, 3.63) is 65.2 Å². The highest BCUT2D eigenvalue weighted by Crippen LogP contribution is 2.19. The first kappa shape index (κ1) is 22.3. The van der Waals surface area contributed by atoms with Crippen molar-refractivity contribution in [1.82, 2.24) is 14.5 Å². The van der Waals surface area contributed by atoms with Crippen LogP contribution >= 0.6 is 0 Å². The number of nitrogens with one attached hydrogen (secondary N) is 1. The molecule has 162 valence electrons. The normalized spacial score (nSPS) is 16.9. The number of piperazine rings is 1. The molecule has 0 bridgehead atoms. The van der Waals surface area contributed by atoms with Crippen LogP contribution in [-0.4, -0.2) is 56.3 Å². The van der Waals surface area contributed by atoms with Gasteiger partial charge in [-0.05, 0) is 43.7 Å². The summed E-state index contributed by atoms with van der Waals surface area (Å²) in [7, 11) is -3.55. The molecule has 1 atom stereocenters. The van der Waals surface area contributed by atoms with Crippen molar-refractivity contribution in [2.75, 3.05) is 32.7 Å². The first-order chi connectivity index (χ1) is 14.2. The van der Waals surface area contributed by atoms with Gasteiger partial charge in [-0.1, -0.05) is 23.8 Å². The molecule has 0 aliphatic carbocycles. The Morgan fingerprint density at radius 1 is 1.03 bits per heavy atom. The average Bonchev–Trinajstić information content (AvgIpc) is 2.70. The Morgan fingerprint density at radius 2 is 1.67 bits per heavy atom. The molecule has 1 amide bonds. The fourth-order valence-corrected chi connectivity index (χ4v) is 4.76. The van der Waals surface area contributed by atoms with Crippen LogP contribution in [0.4, 0.5) is 8.78 Å². The molecule has 0 radical (unpaired) electrons. The summed E-state index contributed by atoms with van der Waals surface area (Å²) in [6.07, 6.45) is 0. The van der Waals surface area contributed by atoms with Crippen LogP contribution in [0.5, 0.6) is 0 Å². The monoisotopic (exact) mass is 437 g/mol. The number of nitrogens with zero attached hydrogens (tertiary/aromatic N) is 2. The number of rotatable bonds is 6. The zero-order chi connectivity index (χ0) is 21.9. The standard InChI is InChI=1S/C21H25F2N3O3S/c1-15-3-6-18(7-4-15)30(28,29)26-11-9-25(10-12-26)14-21(27)24-16(2)17-5-8-19(22)20(23)13-17/h3-8,13,16H,9-12,14H2,1-2H3,(H,24,27). The summed E-state index contributed by atoms with van der Waals surface area (Å²) < 4.78 is 53.4. The molecule has 1 aliphatic rings. The molecule has 1 aliphatic heterocycles. The summed E-state index contributed by atoms with van der Waals surface area (Å²) >= 11 is 0. The fraction of sp³-hybridized carbons (Fsp3) is 0.381. The van der Waals surface area contributed by atoms with Gasteiger partial charge in [0.05, 0.1) is 17.5 Å². The molecule has 0 saturated carbocycles. The van der Waals surface area contributed by atoms with Crippen molar-refractivity contribution >= 4 is 15.9 Å². The number of carbonyl (C=O) groups is 1. The molecule has 1 N–H and O–H groups in total. The Kier molecular flexibility index (Phi) is 6.84. The highest BCUT2D eigenvalue weighted by molar-refractivity contribution is 7.89. The summed E-state index contributed by atoms with van der Waals surface area (Å²) in [5.74, 6) is -2.16. The number of sulfonamides is 1. The summed E-state index contributed by atoms with van der Waals surface area (Å²) in [5.41, 5.74) is 1.46. The van der Waals surface area contributed by atoms with E-state index in [1.807, 2.05) is 11.8 Å². The lowest BCUT2D eigenvalue weighted by Gasteiger charge is -2.33. The molecule has 6 nitrogen and oxygen atoms in total. The van der Waals surface area contributed by atoms with E-state index in [1.54, 1.807) is 31.2 Å². The van der Waals surface area contributed by atoms with Gasteiger partial charge in [0, 0.05) is 26.2 Å². The van der Waals surface area contributed by atoms with Crippen LogP contribution in [0.25, 0.3) is 0 Å².